The van der Waals surface area contributed by atoms with Gasteiger partial charge >= 0.3 is 0 Å². The number of thiocarbonyl (C=S) groups is 1. The molecule has 0 aromatic heterocycles. The number of rotatable bonds is 4. The fraction of sp³-hybridized carbons (Fsp3) is 0.700. The Kier molecular flexibility index (Phi) is 8.63. The Bertz CT molecular complexity index is 629. The first-order chi connectivity index (χ1) is 12.9. The molecule has 0 bridgehead atoms. The highest BCUT2D eigenvalue weighted by molar-refractivity contribution is 8.13. The van der Waals surface area contributed by atoms with Crippen LogP contribution in [0.5, 0.6) is 0 Å². The lowest BCUT2D eigenvalue weighted by molar-refractivity contribution is 0.0837. The Morgan fingerprint density at radius 3 is 2.78 bits per heavy atom. The molecule has 5 nitrogen and oxygen atoms in total. The number of thioether (sulfide) groups is 1. The summed E-state index contributed by atoms with van der Waals surface area (Å²) in [5, 5.41) is 1.03. The number of nitrogens with zero attached hydrogens (tertiary/aromatic N) is 3. The van der Waals surface area contributed by atoms with Crippen LogP contribution in [-0.2, 0) is 4.74 Å². The van der Waals surface area contributed by atoms with Gasteiger partial charge in [0.25, 0.3) is 0 Å². The van der Waals surface area contributed by atoms with Gasteiger partial charge in [-0.05, 0) is 63.2 Å². The van der Waals surface area contributed by atoms with Crippen molar-refractivity contribution in [1.82, 2.24) is 9.80 Å². The standard InChI is InChI=1S/C20H34N4OS2/c1-6-17-23(4)19(18(21)20(26)24(17)5)22-15(3)27-13-10-16-8-7-11-25-12-9-14(16)2/h6,14,16H,7-13,21H2,1-5H3/b17-6+,22-15+. The van der Waals surface area contributed by atoms with Crippen LogP contribution in [0, 0.1) is 11.8 Å². The summed E-state index contributed by atoms with van der Waals surface area (Å²) in [5.74, 6) is 4.34. The van der Waals surface area contributed by atoms with Crippen LogP contribution in [-0.4, -0.2) is 52.9 Å². The van der Waals surface area contributed by atoms with Crippen molar-refractivity contribution in [2.75, 3.05) is 33.1 Å². The van der Waals surface area contributed by atoms with Gasteiger partial charge in [-0.3, -0.25) is 0 Å². The molecule has 0 spiro atoms. The van der Waals surface area contributed by atoms with E-state index in [2.05, 4.69) is 13.8 Å². The maximum Gasteiger partial charge on any atom is 0.161 e. The first-order valence-corrected chi connectivity index (χ1v) is 11.2. The second-order valence-electron chi connectivity index (χ2n) is 7.36. The Morgan fingerprint density at radius 1 is 1.33 bits per heavy atom. The molecule has 2 heterocycles. The second kappa shape index (κ2) is 10.5. The maximum atomic E-state index is 6.26. The van der Waals surface area contributed by atoms with Gasteiger partial charge < -0.3 is 20.3 Å². The average molecular weight is 411 g/mol. The molecule has 1 fully saturated rings. The highest BCUT2D eigenvalue weighted by atomic mass is 32.2. The second-order valence-corrected chi connectivity index (χ2v) is 9.03. The molecule has 2 atom stereocenters. The summed E-state index contributed by atoms with van der Waals surface area (Å²) in [6.45, 7) is 8.25. The zero-order valence-electron chi connectivity index (χ0n) is 17.3. The topological polar surface area (TPSA) is 54.1 Å². The molecule has 2 aliphatic rings. The number of aliphatic imine (C=N–C) groups is 1. The van der Waals surface area contributed by atoms with Gasteiger partial charge in [0.1, 0.15) is 16.5 Å². The Labute approximate surface area is 174 Å². The molecule has 2 rings (SSSR count). The summed E-state index contributed by atoms with van der Waals surface area (Å²) in [6.07, 6.45) is 6.87. The predicted molar refractivity (Wildman–Crippen MR) is 121 cm³/mol. The van der Waals surface area contributed by atoms with Crippen molar-refractivity contribution in [2.45, 2.75) is 46.5 Å². The van der Waals surface area contributed by atoms with Crippen molar-refractivity contribution in [2.24, 2.45) is 22.6 Å². The van der Waals surface area contributed by atoms with Crippen LogP contribution < -0.4 is 5.73 Å². The van der Waals surface area contributed by atoms with Crippen LogP contribution in [0.2, 0.25) is 0 Å². The molecule has 2 unspecified atom stereocenters. The van der Waals surface area contributed by atoms with Gasteiger partial charge in [-0.1, -0.05) is 19.1 Å². The van der Waals surface area contributed by atoms with Crippen LogP contribution in [0.25, 0.3) is 0 Å². The lowest BCUT2D eigenvalue weighted by Gasteiger charge is -2.36. The largest absolute Gasteiger partial charge is 0.393 e. The quantitative estimate of drug-likeness (QED) is 0.426. The normalized spacial score (nSPS) is 27.2. The Balaban J connectivity index is 1.99. The van der Waals surface area contributed by atoms with E-state index in [9.17, 15) is 0 Å². The molecule has 1 saturated heterocycles. The summed E-state index contributed by atoms with van der Waals surface area (Å²) in [4.78, 5) is 9.36. The van der Waals surface area contributed by atoms with E-state index in [1.54, 1.807) is 0 Å². The number of allylic oxidation sites excluding steroid dienone is 1. The third-order valence-corrected chi connectivity index (χ3v) is 6.93. The molecule has 0 aliphatic carbocycles. The first-order valence-electron chi connectivity index (χ1n) is 9.80. The van der Waals surface area contributed by atoms with Gasteiger partial charge in [0, 0.05) is 27.3 Å². The molecule has 7 heteroatoms. The zero-order valence-corrected chi connectivity index (χ0v) is 19.0. The SMILES string of the molecule is C/C=C1/N(C)C(=S)C(N)=C(/N=C(\C)SCCC2CCCOCCC2C)N1C. The highest BCUT2D eigenvalue weighted by Gasteiger charge is 2.27. The van der Waals surface area contributed by atoms with E-state index in [4.69, 9.17) is 27.7 Å². The van der Waals surface area contributed by atoms with Crippen molar-refractivity contribution in [3.05, 3.63) is 23.4 Å². The minimum atomic E-state index is 0.564. The van der Waals surface area contributed by atoms with Crippen LogP contribution >= 0.6 is 24.0 Å². The van der Waals surface area contributed by atoms with Crippen LogP contribution in [0.3, 0.4) is 0 Å². The predicted octanol–water partition coefficient (Wildman–Crippen LogP) is 4.17. The fourth-order valence-corrected chi connectivity index (χ4v) is 4.78. The monoisotopic (exact) mass is 410 g/mol. The molecular formula is C20H34N4OS2. The third kappa shape index (κ3) is 5.72. The van der Waals surface area contributed by atoms with E-state index in [1.807, 2.05) is 48.7 Å². The van der Waals surface area contributed by atoms with Gasteiger partial charge in [0.05, 0.1) is 5.04 Å². The van der Waals surface area contributed by atoms with Gasteiger partial charge in [0.2, 0.25) is 0 Å². The molecule has 0 amide bonds. The van der Waals surface area contributed by atoms with Crippen LogP contribution in [0.1, 0.15) is 46.5 Å². The number of ether oxygens (including phenoxy) is 1. The van der Waals surface area contributed by atoms with Crippen molar-refractivity contribution in [3.8, 4) is 0 Å². The minimum Gasteiger partial charge on any atom is -0.393 e. The maximum absolute atomic E-state index is 6.26. The summed E-state index contributed by atoms with van der Waals surface area (Å²) < 4.78 is 5.61. The molecule has 27 heavy (non-hydrogen) atoms. The highest BCUT2D eigenvalue weighted by Crippen LogP contribution is 2.29. The Hall–Kier alpha value is -1.05. The smallest absolute Gasteiger partial charge is 0.161 e. The lowest BCUT2D eigenvalue weighted by atomic mass is 9.85. The number of nitrogens with two attached hydrogens (primary N) is 1. The summed E-state index contributed by atoms with van der Waals surface area (Å²) in [6, 6.07) is 0. The molecular weight excluding hydrogens is 376 g/mol. The molecule has 2 N–H and O–H groups in total. The van der Waals surface area contributed by atoms with E-state index < -0.39 is 0 Å². The fourth-order valence-electron chi connectivity index (χ4n) is 3.72. The molecule has 2 aliphatic heterocycles. The van der Waals surface area contributed by atoms with Gasteiger partial charge in [0.15, 0.2) is 5.82 Å². The molecule has 0 radical (unpaired) electrons. The van der Waals surface area contributed by atoms with Crippen molar-refractivity contribution in [1.29, 1.82) is 0 Å². The lowest BCUT2D eigenvalue weighted by Crippen LogP contribution is -2.42. The van der Waals surface area contributed by atoms with E-state index in [0.29, 0.717) is 10.7 Å². The number of likely N-dealkylation sites (N-methyl/N-ethyl adjacent to an activating group) is 1. The molecule has 152 valence electrons. The van der Waals surface area contributed by atoms with E-state index in [-0.39, 0.29) is 0 Å². The number of hydrogen-bond acceptors (Lipinski definition) is 6. The van der Waals surface area contributed by atoms with Crippen molar-refractivity contribution < 1.29 is 4.74 Å². The molecule has 0 aromatic carbocycles. The van der Waals surface area contributed by atoms with Crippen molar-refractivity contribution in [3.63, 3.8) is 0 Å². The number of hydrogen-bond donors (Lipinski definition) is 1. The van der Waals surface area contributed by atoms with Crippen molar-refractivity contribution >= 4 is 34.0 Å². The van der Waals surface area contributed by atoms with Gasteiger partial charge in [-0.15, -0.1) is 11.8 Å². The average Bonchev–Trinajstić information content (AvgIpc) is 2.63. The summed E-state index contributed by atoms with van der Waals surface area (Å²) in [7, 11) is 3.92. The van der Waals surface area contributed by atoms with Crippen LogP contribution in [0.4, 0.5) is 0 Å². The van der Waals surface area contributed by atoms with Gasteiger partial charge in [-0.2, -0.15) is 0 Å². The zero-order chi connectivity index (χ0) is 20.0. The summed E-state index contributed by atoms with van der Waals surface area (Å²) >= 11 is 7.29. The van der Waals surface area contributed by atoms with Crippen LogP contribution in [0.15, 0.2) is 28.4 Å². The summed E-state index contributed by atoms with van der Waals surface area (Å²) in [5.41, 5.74) is 6.83. The Morgan fingerprint density at radius 2 is 2.07 bits per heavy atom. The first kappa shape index (κ1) is 22.2. The minimum absolute atomic E-state index is 0.564. The van der Waals surface area contributed by atoms with E-state index in [1.165, 1.54) is 25.7 Å². The molecule has 0 saturated carbocycles. The van der Waals surface area contributed by atoms with Gasteiger partial charge in [-0.25, -0.2) is 4.99 Å². The molecule has 0 aromatic rings. The third-order valence-electron chi connectivity index (χ3n) is 5.49. The van der Waals surface area contributed by atoms with E-state index >= 15 is 0 Å². The van der Waals surface area contributed by atoms with E-state index in [0.717, 1.165) is 47.5 Å².